The van der Waals surface area contributed by atoms with Gasteiger partial charge in [0, 0.05) is 17.3 Å². The van der Waals surface area contributed by atoms with Gasteiger partial charge >= 0.3 is 6.09 Å². The Labute approximate surface area is 136 Å². The first-order chi connectivity index (χ1) is 10.5. The van der Waals surface area contributed by atoms with Crippen LogP contribution in [0, 0.1) is 5.82 Å². The van der Waals surface area contributed by atoms with E-state index in [-0.39, 0.29) is 0 Å². The maximum atomic E-state index is 13.4. The van der Waals surface area contributed by atoms with Crippen molar-refractivity contribution in [1.82, 2.24) is 9.88 Å². The number of ether oxygens (including phenoxy) is 1. The van der Waals surface area contributed by atoms with E-state index in [1.807, 2.05) is 13.8 Å². The Morgan fingerprint density at radius 3 is 2.70 bits per heavy atom. The molecular formula is C17H25FN2O3. The van der Waals surface area contributed by atoms with Gasteiger partial charge in [0.15, 0.2) is 0 Å². The van der Waals surface area contributed by atoms with E-state index < -0.39 is 35.2 Å². The van der Waals surface area contributed by atoms with Gasteiger partial charge in [-0.05, 0) is 53.5 Å². The van der Waals surface area contributed by atoms with Crippen molar-refractivity contribution in [3.63, 3.8) is 0 Å². The Morgan fingerprint density at radius 2 is 2.13 bits per heavy atom. The molecule has 1 N–H and O–H groups in total. The fourth-order valence-corrected chi connectivity index (χ4v) is 3.00. The fourth-order valence-electron chi connectivity index (χ4n) is 3.00. The summed E-state index contributed by atoms with van der Waals surface area (Å²) in [4.78, 5) is 17.9. The van der Waals surface area contributed by atoms with Crippen LogP contribution in [0.25, 0.3) is 0 Å². The van der Waals surface area contributed by atoms with Crippen LogP contribution in [0.2, 0.25) is 0 Å². The molecule has 1 fully saturated rings. The SMILES string of the molecule is CC(C)(C)OC(=O)N1[C@@H]([C@@H](O)c2cncc(F)c2)CCC1(C)C. The van der Waals surface area contributed by atoms with E-state index in [1.165, 1.54) is 12.3 Å². The molecule has 1 aliphatic heterocycles. The number of pyridine rings is 1. The van der Waals surface area contributed by atoms with Crippen LogP contribution in [-0.2, 0) is 4.74 Å². The third-order valence-electron chi connectivity index (χ3n) is 4.06. The lowest BCUT2D eigenvalue weighted by Gasteiger charge is -2.38. The molecule has 0 bridgehead atoms. The van der Waals surface area contributed by atoms with E-state index in [9.17, 15) is 14.3 Å². The number of aliphatic hydroxyl groups excluding tert-OH is 1. The Morgan fingerprint density at radius 1 is 1.48 bits per heavy atom. The molecule has 1 amide bonds. The van der Waals surface area contributed by atoms with Gasteiger partial charge in [0.2, 0.25) is 0 Å². The summed E-state index contributed by atoms with van der Waals surface area (Å²) in [6, 6.07) is 0.777. The minimum atomic E-state index is -1.01. The number of aromatic nitrogens is 1. The van der Waals surface area contributed by atoms with Crippen molar-refractivity contribution in [2.75, 3.05) is 0 Å². The standard InChI is InChI=1S/C17H25FN2O3/c1-16(2,3)23-15(22)20-13(6-7-17(20,4)5)14(21)11-8-12(18)10-19-9-11/h8-10,13-14,21H,6-7H2,1-5H3/t13-,14+/m1/s1. The molecule has 0 saturated carbocycles. The zero-order valence-electron chi connectivity index (χ0n) is 14.3. The second kappa shape index (κ2) is 6.07. The van der Waals surface area contributed by atoms with Gasteiger partial charge < -0.3 is 9.84 Å². The number of aliphatic hydroxyl groups is 1. The summed E-state index contributed by atoms with van der Waals surface area (Å²) in [5.41, 5.74) is -0.693. The molecule has 2 heterocycles. The maximum absolute atomic E-state index is 13.4. The Kier molecular flexibility index (Phi) is 4.66. The molecule has 6 heteroatoms. The van der Waals surface area contributed by atoms with Crippen LogP contribution in [0.4, 0.5) is 9.18 Å². The summed E-state index contributed by atoms with van der Waals surface area (Å²) in [7, 11) is 0. The van der Waals surface area contributed by atoms with Gasteiger partial charge in [0.1, 0.15) is 17.5 Å². The molecule has 0 radical (unpaired) electrons. The Hall–Kier alpha value is -1.69. The highest BCUT2D eigenvalue weighted by Crippen LogP contribution is 2.40. The second-order valence-corrected chi connectivity index (χ2v) is 7.65. The van der Waals surface area contributed by atoms with Gasteiger partial charge in [0.25, 0.3) is 0 Å². The first kappa shape index (κ1) is 17.7. The van der Waals surface area contributed by atoms with E-state index in [4.69, 9.17) is 4.74 Å². The van der Waals surface area contributed by atoms with Gasteiger partial charge in [-0.25, -0.2) is 9.18 Å². The van der Waals surface area contributed by atoms with E-state index >= 15 is 0 Å². The lowest BCUT2D eigenvalue weighted by atomic mass is 10.0. The van der Waals surface area contributed by atoms with Crippen molar-refractivity contribution in [1.29, 1.82) is 0 Å². The van der Waals surface area contributed by atoms with Crippen LogP contribution in [0.15, 0.2) is 18.5 Å². The number of rotatable bonds is 2. The predicted molar refractivity (Wildman–Crippen MR) is 84.3 cm³/mol. The molecule has 1 aliphatic rings. The number of nitrogens with zero attached hydrogens (tertiary/aromatic N) is 2. The van der Waals surface area contributed by atoms with Crippen LogP contribution in [-0.4, -0.2) is 38.3 Å². The molecule has 2 rings (SSSR count). The molecule has 0 spiro atoms. The lowest BCUT2D eigenvalue weighted by molar-refractivity contribution is -0.0167. The smallest absolute Gasteiger partial charge is 0.411 e. The molecule has 23 heavy (non-hydrogen) atoms. The fraction of sp³-hybridized carbons (Fsp3) is 0.647. The summed E-state index contributed by atoms with van der Waals surface area (Å²) in [6.45, 7) is 9.28. The van der Waals surface area contributed by atoms with Gasteiger partial charge in [-0.15, -0.1) is 0 Å². The zero-order chi connectivity index (χ0) is 17.4. The number of halogens is 1. The van der Waals surface area contributed by atoms with E-state index in [1.54, 1.807) is 25.7 Å². The maximum Gasteiger partial charge on any atom is 0.411 e. The molecule has 2 atom stereocenters. The van der Waals surface area contributed by atoms with E-state index in [2.05, 4.69) is 4.98 Å². The summed E-state index contributed by atoms with van der Waals surface area (Å²) >= 11 is 0. The summed E-state index contributed by atoms with van der Waals surface area (Å²) < 4.78 is 18.8. The molecule has 128 valence electrons. The monoisotopic (exact) mass is 324 g/mol. The average Bonchev–Trinajstić information content (AvgIpc) is 2.71. The number of carbonyl (C=O) groups excluding carboxylic acids is 1. The van der Waals surface area contributed by atoms with E-state index in [0.29, 0.717) is 12.0 Å². The molecule has 5 nitrogen and oxygen atoms in total. The topological polar surface area (TPSA) is 62.7 Å². The molecule has 1 saturated heterocycles. The second-order valence-electron chi connectivity index (χ2n) is 7.65. The predicted octanol–water partition coefficient (Wildman–Crippen LogP) is 3.43. The normalized spacial score (nSPS) is 22.0. The van der Waals surface area contributed by atoms with Gasteiger partial charge in [-0.3, -0.25) is 9.88 Å². The van der Waals surface area contributed by atoms with Crippen molar-refractivity contribution < 1.29 is 19.0 Å². The molecule has 1 aromatic heterocycles. The van der Waals surface area contributed by atoms with Gasteiger partial charge in [0.05, 0.1) is 12.2 Å². The highest BCUT2D eigenvalue weighted by atomic mass is 19.1. The molecule has 0 unspecified atom stereocenters. The van der Waals surface area contributed by atoms with Crippen LogP contribution in [0.1, 0.15) is 59.1 Å². The van der Waals surface area contributed by atoms with Crippen molar-refractivity contribution in [2.24, 2.45) is 0 Å². The molecule has 0 aliphatic carbocycles. The number of hydrogen-bond donors (Lipinski definition) is 1. The highest BCUT2D eigenvalue weighted by molar-refractivity contribution is 5.70. The first-order valence-electron chi connectivity index (χ1n) is 7.82. The summed E-state index contributed by atoms with van der Waals surface area (Å²) in [5.74, 6) is -0.511. The molecular weight excluding hydrogens is 299 g/mol. The van der Waals surface area contributed by atoms with Crippen molar-refractivity contribution >= 4 is 6.09 Å². The zero-order valence-corrected chi connectivity index (χ0v) is 14.3. The third kappa shape index (κ3) is 3.99. The minimum Gasteiger partial charge on any atom is -0.444 e. The van der Waals surface area contributed by atoms with Gasteiger partial charge in [-0.2, -0.15) is 0 Å². The first-order valence-corrected chi connectivity index (χ1v) is 7.82. The van der Waals surface area contributed by atoms with Crippen LogP contribution < -0.4 is 0 Å². The van der Waals surface area contributed by atoms with E-state index in [0.717, 1.165) is 12.6 Å². The van der Waals surface area contributed by atoms with Crippen molar-refractivity contribution in [2.45, 2.75) is 70.7 Å². The van der Waals surface area contributed by atoms with Crippen molar-refractivity contribution in [3.8, 4) is 0 Å². The number of likely N-dealkylation sites (tertiary alicyclic amines) is 1. The Balaban J connectivity index is 2.27. The average molecular weight is 324 g/mol. The van der Waals surface area contributed by atoms with Crippen LogP contribution in [0.5, 0.6) is 0 Å². The summed E-state index contributed by atoms with van der Waals surface area (Å²) in [6.07, 6.45) is 2.38. The number of amides is 1. The molecule has 0 aromatic carbocycles. The number of hydrogen-bond acceptors (Lipinski definition) is 4. The number of carbonyl (C=O) groups is 1. The third-order valence-corrected chi connectivity index (χ3v) is 4.06. The molecule has 1 aromatic rings. The summed E-state index contributed by atoms with van der Waals surface area (Å²) in [5, 5.41) is 10.6. The minimum absolute atomic E-state index is 0.362. The highest BCUT2D eigenvalue weighted by Gasteiger charge is 2.47. The largest absolute Gasteiger partial charge is 0.444 e. The van der Waals surface area contributed by atoms with Gasteiger partial charge in [-0.1, -0.05) is 0 Å². The quantitative estimate of drug-likeness (QED) is 0.905. The van der Waals surface area contributed by atoms with Crippen molar-refractivity contribution in [3.05, 3.63) is 29.8 Å². The lowest BCUT2D eigenvalue weighted by Crippen LogP contribution is -2.50. The van der Waals surface area contributed by atoms with Crippen LogP contribution >= 0.6 is 0 Å². The Bertz CT molecular complexity index is 583. The van der Waals surface area contributed by atoms with Crippen LogP contribution in [0.3, 0.4) is 0 Å².